The van der Waals surface area contributed by atoms with Crippen LogP contribution in [-0.4, -0.2) is 23.4 Å². The Kier molecular flexibility index (Phi) is 3.76. The monoisotopic (exact) mass is 183 g/mol. The third kappa shape index (κ3) is 2.71. The molecule has 1 amide bonds. The summed E-state index contributed by atoms with van der Waals surface area (Å²) in [6.07, 6.45) is 4.24. The van der Waals surface area contributed by atoms with Crippen molar-refractivity contribution in [3.8, 4) is 0 Å². The van der Waals surface area contributed by atoms with Crippen molar-refractivity contribution in [3.05, 3.63) is 0 Å². The Morgan fingerprint density at radius 3 is 2.46 bits per heavy atom. The van der Waals surface area contributed by atoms with Gasteiger partial charge in [0.1, 0.15) is 0 Å². The number of rotatable bonds is 2. The van der Waals surface area contributed by atoms with Crippen LogP contribution in [0.1, 0.15) is 46.5 Å². The van der Waals surface area contributed by atoms with E-state index in [-0.39, 0.29) is 0 Å². The lowest BCUT2D eigenvalue weighted by Crippen LogP contribution is -2.41. The molecule has 0 spiro atoms. The Morgan fingerprint density at radius 2 is 1.85 bits per heavy atom. The fourth-order valence-electron chi connectivity index (χ4n) is 1.79. The number of likely N-dealkylation sites (tertiary alicyclic amines) is 1. The molecule has 0 aromatic carbocycles. The van der Waals surface area contributed by atoms with Crippen LogP contribution < -0.4 is 0 Å². The van der Waals surface area contributed by atoms with Gasteiger partial charge in [-0.05, 0) is 25.7 Å². The van der Waals surface area contributed by atoms with Crippen molar-refractivity contribution in [2.24, 2.45) is 5.92 Å². The van der Waals surface area contributed by atoms with Gasteiger partial charge in [0.05, 0.1) is 0 Å². The van der Waals surface area contributed by atoms with E-state index in [1.165, 1.54) is 12.8 Å². The SMILES string of the molecule is CC(C)C(C)N1CCCCCC1=O. The quantitative estimate of drug-likeness (QED) is 0.644. The minimum Gasteiger partial charge on any atom is -0.340 e. The Balaban J connectivity index is 2.58. The van der Waals surface area contributed by atoms with Crippen molar-refractivity contribution in [3.63, 3.8) is 0 Å². The highest BCUT2D eigenvalue weighted by molar-refractivity contribution is 5.76. The standard InChI is InChI=1S/C11H21NO/c1-9(2)10(3)12-8-6-4-5-7-11(12)13/h9-10H,4-8H2,1-3H3. The molecule has 2 heteroatoms. The van der Waals surface area contributed by atoms with Crippen molar-refractivity contribution in [1.29, 1.82) is 0 Å². The first-order valence-corrected chi connectivity index (χ1v) is 5.42. The zero-order chi connectivity index (χ0) is 9.84. The summed E-state index contributed by atoms with van der Waals surface area (Å²) in [6.45, 7) is 7.50. The zero-order valence-electron chi connectivity index (χ0n) is 9.05. The van der Waals surface area contributed by atoms with Crippen LogP contribution in [0.25, 0.3) is 0 Å². The second-order valence-electron chi connectivity index (χ2n) is 4.38. The summed E-state index contributed by atoms with van der Waals surface area (Å²) < 4.78 is 0. The summed E-state index contributed by atoms with van der Waals surface area (Å²) in [4.78, 5) is 13.8. The number of carbonyl (C=O) groups is 1. The largest absolute Gasteiger partial charge is 0.340 e. The highest BCUT2D eigenvalue weighted by atomic mass is 16.2. The van der Waals surface area contributed by atoms with Crippen LogP contribution in [0.2, 0.25) is 0 Å². The van der Waals surface area contributed by atoms with Crippen LogP contribution >= 0.6 is 0 Å². The fraction of sp³-hybridized carbons (Fsp3) is 0.909. The topological polar surface area (TPSA) is 20.3 Å². The first-order valence-electron chi connectivity index (χ1n) is 5.42. The number of amides is 1. The zero-order valence-corrected chi connectivity index (χ0v) is 9.05. The van der Waals surface area contributed by atoms with Crippen molar-refractivity contribution < 1.29 is 4.79 Å². The number of hydrogen-bond donors (Lipinski definition) is 0. The Hall–Kier alpha value is -0.530. The summed E-state index contributed by atoms with van der Waals surface area (Å²) in [5, 5.41) is 0. The summed E-state index contributed by atoms with van der Waals surface area (Å²) in [7, 11) is 0. The van der Waals surface area contributed by atoms with E-state index in [0.29, 0.717) is 17.9 Å². The van der Waals surface area contributed by atoms with Gasteiger partial charge in [0, 0.05) is 19.0 Å². The van der Waals surface area contributed by atoms with Gasteiger partial charge in [-0.15, -0.1) is 0 Å². The molecule has 1 aliphatic heterocycles. The van der Waals surface area contributed by atoms with Crippen molar-refractivity contribution >= 4 is 5.91 Å². The molecule has 13 heavy (non-hydrogen) atoms. The maximum absolute atomic E-state index is 11.7. The van der Waals surface area contributed by atoms with E-state index in [4.69, 9.17) is 0 Å². The molecule has 1 unspecified atom stereocenters. The van der Waals surface area contributed by atoms with Gasteiger partial charge >= 0.3 is 0 Å². The lowest BCUT2D eigenvalue weighted by Gasteiger charge is -2.30. The molecule has 0 saturated carbocycles. The summed E-state index contributed by atoms with van der Waals surface area (Å²) in [5.41, 5.74) is 0. The van der Waals surface area contributed by atoms with Crippen LogP contribution in [-0.2, 0) is 4.79 Å². The summed E-state index contributed by atoms with van der Waals surface area (Å²) in [5.74, 6) is 0.931. The molecule has 0 aromatic heterocycles. The maximum atomic E-state index is 11.7. The first kappa shape index (κ1) is 10.6. The molecular weight excluding hydrogens is 162 g/mol. The summed E-state index contributed by atoms with van der Waals surface area (Å²) >= 11 is 0. The Labute approximate surface area is 81.3 Å². The Bertz CT molecular complexity index is 177. The molecule has 1 fully saturated rings. The van der Waals surface area contributed by atoms with E-state index in [1.54, 1.807) is 0 Å². The maximum Gasteiger partial charge on any atom is 0.222 e. The predicted molar refractivity (Wildman–Crippen MR) is 54.5 cm³/mol. The van der Waals surface area contributed by atoms with Gasteiger partial charge in [0.15, 0.2) is 0 Å². The van der Waals surface area contributed by atoms with E-state index in [2.05, 4.69) is 25.7 Å². The molecule has 0 radical (unpaired) electrons. The van der Waals surface area contributed by atoms with E-state index >= 15 is 0 Å². The van der Waals surface area contributed by atoms with Gasteiger partial charge in [0.25, 0.3) is 0 Å². The van der Waals surface area contributed by atoms with E-state index in [9.17, 15) is 4.79 Å². The second-order valence-corrected chi connectivity index (χ2v) is 4.38. The highest BCUT2D eigenvalue weighted by Crippen LogP contribution is 2.17. The molecular formula is C11H21NO. The van der Waals surface area contributed by atoms with Crippen LogP contribution in [0.3, 0.4) is 0 Å². The molecule has 1 aliphatic rings. The molecule has 76 valence electrons. The van der Waals surface area contributed by atoms with Gasteiger partial charge in [0.2, 0.25) is 5.91 Å². The number of nitrogens with zero attached hydrogens (tertiary/aromatic N) is 1. The molecule has 2 nitrogen and oxygen atoms in total. The van der Waals surface area contributed by atoms with Gasteiger partial charge < -0.3 is 4.90 Å². The molecule has 1 saturated heterocycles. The normalized spacial score (nSPS) is 21.8. The second kappa shape index (κ2) is 4.64. The van der Waals surface area contributed by atoms with E-state index in [1.807, 2.05) is 0 Å². The van der Waals surface area contributed by atoms with Gasteiger partial charge in [-0.2, -0.15) is 0 Å². The fourth-order valence-corrected chi connectivity index (χ4v) is 1.79. The lowest BCUT2D eigenvalue weighted by atomic mass is 10.0. The smallest absolute Gasteiger partial charge is 0.222 e. The Morgan fingerprint density at radius 1 is 1.15 bits per heavy atom. The molecule has 1 heterocycles. The van der Waals surface area contributed by atoms with E-state index < -0.39 is 0 Å². The van der Waals surface area contributed by atoms with Crippen molar-refractivity contribution in [1.82, 2.24) is 4.90 Å². The molecule has 0 aliphatic carbocycles. The first-order chi connectivity index (χ1) is 6.13. The molecule has 0 aromatic rings. The van der Waals surface area contributed by atoms with Crippen LogP contribution in [0.15, 0.2) is 0 Å². The van der Waals surface area contributed by atoms with Crippen molar-refractivity contribution in [2.45, 2.75) is 52.5 Å². The highest BCUT2D eigenvalue weighted by Gasteiger charge is 2.23. The molecule has 0 N–H and O–H groups in total. The summed E-state index contributed by atoms with van der Waals surface area (Å²) in [6, 6.07) is 0.408. The minimum atomic E-state index is 0.360. The van der Waals surface area contributed by atoms with E-state index in [0.717, 1.165) is 19.4 Å². The number of hydrogen-bond acceptors (Lipinski definition) is 1. The van der Waals surface area contributed by atoms with Crippen molar-refractivity contribution in [2.75, 3.05) is 6.54 Å². The minimum absolute atomic E-state index is 0.360. The molecule has 1 atom stereocenters. The molecule has 0 bridgehead atoms. The van der Waals surface area contributed by atoms with Gasteiger partial charge in [-0.3, -0.25) is 4.79 Å². The van der Waals surface area contributed by atoms with Gasteiger partial charge in [-0.1, -0.05) is 20.3 Å². The predicted octanol–water partition coefficient (Wildman–Crippen LogP) is 2.43. The third-order valence-electron chi connectivity index (χ3n) is 3.07. The van der Waals surface area contributed by atoms with Crippen LogP contribution in [0, 0.1) is 5.92 Å². The average molecular weight is 183 g/mol. The van der Waals surface area contributed by atoms with Crippen LogP contribution in [0.5, 0.6) is 0 Å². The molecule has 1 rings (SSSR count). The van der Waals surface area contributed by atoms with Gasteiger partial charge in [-0.25, -0.2) is 0 Å². The van der Waals surface area contributed by atoms with Crippen LogP contribution in [0.4, 0.5) is 0 Å². The third-order valence-corrected chi connectivity index (χ3v) is 3.07. The lowest BCUT2D eigenvalue weighted by molar-refractivity contribution is -0.133. The average Bonchev–Trinajstić information content (AvgIpc) is 2.28. The number of carbonyl (C=O) groups excluding carboxylic acids is 1.